The minimum absolute atomic E-state index is 0.0834. The average molecular weight is 256 g/mol. The number of hydrogen-bond acceptors (Lipinski definition) is 3. The first-order valence-electron chi connectivity index (χ1n) is 6.41. The molecule has 19 heavy (non-hydrogen) atoms. The van der Waals surface area contributed by atoms with Crippen molar-refractivity contribution in [2.45, 2.75) is 26.2 Å². The van der Waals surface area contributed by atoms with Crippen LogP contribution in [-0.2, 0) is 6.42 Å². The van der Waals surface area contributed by atoms with Gasteiger partial charge in [-0.25, -0.2) is 0 Å². The van der Waals surface area contributed by atoms with Crippen LogP contribution in [0, 0.1) is 11.3 Å². The molecule has 0 unspecified atom stereocenters. The lowest BCUT2D eigenvalue weighted by atomic mass is 10.1. The molecule has 0 aliphatic heterocycles. The fourth-order valence-corrected chi connectivity index (χ4v) is 1.93. The number of aromatic amines is 1. The molecule has 1 heterocycles. The van der Waals surface area contributed by atoms with Crippen LogP contribution in [0.3, 0.4) is 0 Å². The summed E-state index contributed by atoms with van der Waals surface area (Å²) < 4.78 is 5.69. The SMILES string of the molecule is CCCCOc1cccc2c(=O)cc(CC#N)[nH]c12. The summed E-state index contributed by atoms with van der Waals surface area (Å²) in [6.45, 7) is 2.72. The molecule has 4 heteroatoms. The van der Waals surface area contributed by atoms with Gasteiger partial charge in [-0.3, -0.25) is 4.79 Å². The van der Waals surface area contributed by atoms with Gasteiger partial charge in [0.2, 0.25) is 0 Å². The number of aromatic nitrogens is 1. The Kier molecular flexibility index (Phi) is 4.19. The van der Waals surface area contributed by atoms with Crippen LogP contribution in [0.25, 0.3) is 10.9 Å². The molecule has 2 rings (SSSR count). The Morgan fingerprint density at radius 2 is 2.26 bits per heavy atom. The van der Waals surface area contributed by atoms with Crippen LogP contribution in [0.1, 0.15) is 25.5 Å². The molecule has 0 atom stereocenters. The molecule has 0 spiro atoms. The number of hydrogen-bond donors (Lipinski definition) is 1. The first kappa shape index (κ1) is 13.2. The molecule has 2 aromatic rings. The largest absolute Gasteiger partial charge is 0.491 e. The normalized spacial score (nSPS) is 10.3. The molecule has 0 saturated heterocycles. The van der Waals surface area contributed by atoms with Gasteiger partial charge in [-0.1, -0.05) is 19.4 Å². The Hall–Kier alpha value is -2.28. The maximum atomic E-state index is 12.0. The van der Waals surface area contributed by atoms with Crippen molar-refractivity contribution >= 4 is 10.9 Å². The van der Waals surface area contributed by atoms with E-state index < -0.39 is 0 Å². The molecule has 0 fully saturated rings. The van der Waals surface area contributed by atoms with Crippen molar-refractivity contribution in [3.63, 3.8) is 0 Å². The van der Waals surface area contributed by atoms with E-state index in [1.807, 2.05) is 18.2 Å². The van der Waals surface area contributed by atoms with Gasteiger partial charge in [0, 0.05) is 17.1 Å². The lowest BCUT2D eigenvalue weighted by Crippen LogP contribution is -2.06. The molecule has 0 bridgehead atoms. The number of nitrogens with one attached hydrogen (secondary N) is 1. The zero-order valence-corrected chi connectivity index (χ0v) is 10.9. The van der Waals surface area contributed by atoms with Crippen LogP contribution in [0.2, 0.25) is 0 Å². The van der Waals surface area contributed by atoms with Gasteiger partial charge in [0.15, 0.2) is 5.43 Å². The molecule has 0 aliphatic carbocycles. The summed E-state index contributed by atoms with van der Waals surface area (Å²) >= 11 is 0. The molecule has 1 aromatic carbocycles. The Morgan fingerprint density at radius 3 is 3.00 bits per heavy atom. The van der Waals surface area contributed by atoms with Gasteiger partial charge in [-0.2, -0.15) is 5.26 Å². The number of ether oxygens (including phenoxy) is 1. The van der Waals surface area contributed by atoms with E-state index in [2.05, 4.69) is 11.9 Å². The van der Waals surface area contributed by atoms with E-state index in [9.17, 15) is 4.79 Å². The van der Waals surface area contributed by atoms with Crippen molar-refractivity contribution in [3.8, 4) is 11.8 Å². The molecule has 0 radical (unpaired) electrons. The molecular formula is C15H16N2O2. The first-order chi connectivity index (χ1) is 9.26. The van der Waals surface area contributed by atoms with Crippen molar-refractivity contribution in [1.29, 1.82) is 5.26 Å². The number of unbranched alkanes of at least 4 members (excludes halogenated alkanes) is 1. The Balaban J connectivity index is 2.46. The lowest BCUT2D eigenvalue weighted by molar-refractivity contribution is 0.312. The van der Waals surface area contributed by atoms with E-state index in [-0.39, 0.29) is 11.8 Å². The van der Waals surface area contributed by atoms with E-state index in [0.717, 1.165) is 12.8 Å². The standard InChI is InChI=1S/C15H16N2O2/c1-2-3-9-19-14-6-4-5-12-13(18)10-11(7-8-16)17-15(12)14/h4-6,10H,2-3,7,9H2,1H3,(H,17,18). The van der Waals surface area contributed by atoms with Gasteiger partial charge < -0.3 is 9.72 Å². The number of nitrogens with zero attached hydrogens (tertiary/aromatic N) is 1. The third kappa shape index (κ3) is 2.94. The summed E-state index contributed by atoms with van der Waals surface area (Å²) in [5.41, 5.74) is 1.21. The Morgan fingerprint density at radius 1 is 1.42 bits per heavy atom. The Bertz CT molecular complexity index is 668. The van der Waals surface area contributed by atoms with Crippen LogP contribution in [0.4, 0.5) is 0 Å². The zero-order valence-electron chi connectivity index (χ0n) is 10.9. The van der Waals surface area contributed by atoms with Crippen molar-refractivity contribution in [2.75, 3.05) is 6.61 Å². The van der Waals surface area contributed by atoms with Gasteiger partial charge in [-0.05, 0) is 18.6 Å². The van der Waals surface area contributed by atoms with E-state index in [4.69, 9.17) is 10.00 Å². The molecular weight excluding hydrogens is 240 g/mol. The second-order valence-electron chi connectivity index (χ2n) is 4.37. The highest BCUT2D eigenvalue weighted by atomic mass is 16.5. The number of rotatable bonds is 5. The highest BCUT2D eigenvalue weighted by molar-refractivity contribution is 5.84. The minimum Gasteiger partial charge on any atom is -0.491 e. The van der Waals surface area contributed by atoms with Gasteiger partial charge >= 0.3 is 0 Å². The Labute approximate surface area is 111 Å². The number of H-pyrrole nitrogens is 1. The molecule has 0 saturated carbocycles. The van der Waals surface area contributed by atoms with Crippen LogP contribution in [0.5, 0.6) is 5.75 Å². The van der Waals surface area contributed by atoms with Gasteiger partial charge in [-0.15, -0.1) is 0 Å². The van der Waals surface area contributed by atoms with Gasteiger partial charge in [0.05, 0.1) is 24.6 Å². The molecule has 0 aliphatic rings. The number of para-hydroxylation sites is 1. The van der Waals surface area contributed by atoms with Crippen molar-refractivity contribution in [3.05, 3.63) is 40.2 Å². The van der Waals surface area contributed by atoms with E-state index >= 15 is 0 Å². The maximum absolute atomic E-state index is 12.0. The van der Waals surface area contributed by atoms with E-state index in [1.165, 1.54) is 6.07 Å². The van der Waals surface area contributed by atoms with Crippen molar-refractivity contribution < 1.29 is 4.74 Å². The fourth-order valence-electron chi connectivity index (χ4n) is 1.93. The number of fused-ring (bicyclic) bond motifs is 1. The van der Waals surface area contributed by atoms with E-state index in [1.54, 1.807) is 6.07 Å². The van der Waals surface area contributed by atoms with Crippen LogP contribution in [-0.4, -0.2) is 11.6 Å². The summed E-state index contributed by atoms with van der Waals surface area (Å²) in [6, 6.07) is 8.92. The van der Waals surface area contributed by atoms with Gasteiger partial charge in [0.25, 0.3) is 0 Å². The summed E-state index contributed by atoms with van der Waals surface area (Å²) in [7, 11) is 0. The van der Waals surface area contributed by atoms with Crippen molar-refractivity contribution in [1.82, 2.24) is 4.98 Å². The maximum Gasteiger partial charge on any atom is 0.189 e. The van der Waals surface area contributed by atoms with Crippen LogP contribution < -0.4 is 10.2 Å². The second-order valence-corrected chi connectivity index (χ2v) is 4.37. The smallest absolute Gasteiger partial charge is 0.189 e. The quantitative estimate of drug-likeness (QED) is 0.836. The lowest BCUT2D eigenvalue weighted by Gasteiger charge is -2.09. The summed E-state index contributed by atoms with van der Waals surface area (Å²) in [5, 5.41) is 9.32. The summed E-state index contributed by atoms with van der Waals surface area (Å²) in [5.74, 6) is 0.669. The number of pyridine rings is 1. The topological polar surface area (TPSA) is 65.9 Å². The molecule has 1 N–H and O–H groups in total. The predicted octanol–water partition coefficient (Wildman–Crippen LogP) is 2.77. The summed E-state index contributed by atoms with van der Waals surface area (Å²) in [6.07, 6.45) is 2.22. The molecule has 1 aromatic heterocycles. The number of nitriles is 1. The highest BCUT2D eigenvalue weighted by Gasteiger charge is 2.07. The molecule has 0 amide bonds. The van der Waals surface area contributed by atoms with Crippen molar-refractivity contribution in [2.24, 2.45) is 0 Å². The first-order valence-corrected chi connectivity index (χ1v) is 6.41. The zero-order chi connectivity index (χ0) is 13.7. The second kappa shape index (κ2) is 6.05. The van der Waals surface area contributed by atoms with E-state index in [0.29, 0.717) is 29.0 Å². The third-order valence-electron chi connectivity index (χ3n) is 2.91. The summed E-state index contributed by atoms with van der Waals surface area (Å²) in [4.78, 5) is 15.1. The minimum atomic E-state index is -0.0834. The monoisotopic (exact) mass is 256 g/mol. The van der Waals surface area contributed by atoms with Crippen LogP contribution >= 0.6 is 0 Å². The van der Waals surface area contributed by atoms with Gasteiger partial charge in [0.1, 0.15) is 5.75 Å². The molecule has 98 valence electrons. The fraction of sp³-hybridized carbons (Fsp3) is 0.333. The molecule has 4 nitrogen and oxygen atoms in total. The third-order valence-corrected chi connectivity index (χ3v) is 2.91. The number of benzene rings is 1. The highest BCUT2D eigenvalue weighted by Crippen LogP contribution is 2.22. The van der Waals surface area contributed by atoms with Crippen LogP contribution in [0.15, 0.2) is 29.1 Å². The average Bonchev–Trinajstić information content (AvgIpc) is 2.40. The predicted molar refractivity (Wildman–Crippen MR) is 74.3 cm³/mol.